The Morgan fingerprint density at radius 1 is 1.29 bits per heavy atom. The molecule has 0 aliphatic carbocycles. The first-order chi connectivity index (χ1) is 7.78. The maximum atomic E-state index is 12.0. The Labute approximate surface area is 108 Å². The van der Waals surface area contributed by atoms with E-state index in [-0.39, 0.29) is 11.3 Å². The molecule has 1 heterocycles. The van der Waals surface area contributed by atoms with Crippen LogP contribution in [0.25, 0.3) is 0 Å². The summed E-state index contributed by atoms with van der Waals surface area (Å²) in [5.74, 6) is 1.89. The molecule has 0 fully saturated rings. The van der Waals surface area contributed by atoms with Gasteiger partial charge in [-0.15, -0.1) is 11.6 Å². The first-order valence-electron chi connectivity index (χ1n) is 5.69. The van der Waals surface area contributed by atoms with Crippen LogP contribution in [0.15, 0.2) is 4.42 Å². The highest BCUT2D eigenvalue weighted by atomic mass is 35.5. The number of carbonyl (C=O) groups is 1. The van der Waals surface area contributed by atoms with Crippen LogP contribution in [0.1, 0.15) is 41.3 Å². The molecule has 1 N–H and O–H groups in total. The highest BCUT2D eigenvalue weighted by Crippen LogP contribution is 2.21. The number of hydrogen-bond donors (Lipinski definition) is 1. The fraction of sp³-hybridized carbons (Fsp3) is 0.615. The quantitative estimate of drug-likeness (QED) is 0.842. The number of carbonyl (C=O) groups excluding carboxylic acids is 1. The zero-order chi connectivity index (χ0) is 13.2. The molecular formula is C13H20ClNO2. The summed E-state index contributed by atoms with van der Waals surface area (Å²) in [6.45, 7) is 10.1. The van der Waals surface area contributed by atoms with E-state index >= 15 is 0 Å². The smallest absolute Gasteiger partial charge is 0.255 e. The topological polar surface area (TPSA) is 42.2 Å². The van der Waals surface area contributed by atoms with Crippen LogP contribution in [0, 0.1) is 26.2 Å². The van der Waals surface area contributed by atoms with E-state index in [0.717, 1.165) is 11.3 Å². The molecule has 17 heavy (non-hydrogen) atoms. The van der Waals surface area contributed by atoms with Gasteiger partial charge in [0, 0.05) is 18.0 Å². The van der Waals surface area contributed by atoms with Crippen molar-refractivity contribution in [3.8, 4) is 0 Å². The molecule has 0 spiro atoms. The molecule has 4 heteroatoms. The first-order valence-corrected chi connectivity index (χ1v) is 6.22. The zero-order valence-corrected chi connectivity index (χ0v) is 11.9. The number of aryl methyl sites for hydroxylation is 2. The Morgan fingerprint density at radius 2 is 1.88 bits per heavy atom. The van der Waals surface area contributed by atoms with E-state index in [0.29, 0.717) is 23.7 Å². The summed E-state index contributed by atoms with van der Waals surface area (Å²) >= 11 is 5.82. The summed E-state index contributed by atoms with van der Waals surface area (Å²) < 4.78 is 5.44. The van der Waals surface area contributed by atoms with Gasteiger partial charge in [0.25, 0.3) is 5.91 Å². The van der Waals surface area contributed by atoms with Crippen molar-refractivity contribution in [3.63, 3.8) is 0 Å². The summed E-state index contributed by atoms with van der Waals surface area (Å²) in [7, 11) is 0. The molecule has 0 aromatic carbocycles. The van der Waals surface area contributed by atoms with Crippen LogP contribution >= 0.6 is 11.6 Å². The Balaban J connectivity index is 2.78. The molecule has 1 rings (SSSR count). The molecule has 96 valence electrons. The fourth-order valence-corrected chi connectivity index (χ4v) is 1.68. The third-order valence-corrected chi connectivity index (χ3v) is 3.60. The second-order valence-corrected chi connectivity index (χ2v) is 5.46. The van der Waals surface area contributed by atoms with Crippen molar-refractivity contribution >= 4 is 17.5 Å². The molecule has 0 saturated heterocycles. The molecule has 0 bridgehead atoms. The first kappa shape index (κ1) is 14.1. The fourth-order valence-electron chi connectivity index (χ4n) is 1.58. The van der Waals surface area contributed by atoms with E-state index in [9.17, 15) is 4.79 Å². The number of alkyl halides is 1. The van der Waals surface area contributed by atoms with Crippen LogP contribution in [-0.4, -0.2) is 18.3 Å². The molecule has 0 radical (unpaired) electrons. The van der Waals surface area contributed by atoms with Gasteiger partial charge in [0.05, 0.1) is 5.56 Å². The van der Waals surface area contributed by atoms with Crippen LogP contribution in [0.5, 0.6) is 0 Å². The van der Waals surface area contributed by atoms with Crippen LogP contribution in [0.2, 0.25) is 0 Å². The number of hydrogen-bond acceptors (Lipinski definition) is 2. The number of halogens is 1. The predicted molar refractivity (Wildman–Crippen MR) is 69.8 cm³/mol. The van der Waals surface area contributed by atoms with Gasteiger partial charge in [0.2, 0.25) is 0 Å². The van der Waals surface area contributed by atoms with Gasteiger partial charge in [-0.05, 0) is 26.2 Å². The summed E-state index contributed by atoms with van der Waals surface area (Å²) in [6.07, 6.45) is 0. The standard InChI is InChI=1S/C13H20ClNO2/c1-8-9(2)17-10(3)11(8)12(16)15-7-13(4,5)6-14/h6-7H2,1-5H3,(H,15,16). The maximum Gasteiger partial charge on any atom is 0.255 e. The van der Waals surface area contributed by atoms with E-state index in [1.165, 1.54) is 0 Å². The predicted octanol–water partition coefficient (Wildman–Crippen LogP) is 3.20. The summed E-state index contributed by atoms with van der Waals surface area (Å²) in [5.41, 5.74) is 1.45. The Kier molecular flexibility index (Phi) is 4.26. The third kappa shape index (κ3) is 3.25. The highest BCUT2D eigenvalue weighted by Gasteiger charge is 2.22. The molecule has 1 amide bonds. The van der Waals surface area contributed by atoms with Gasteiger partial charge in [-0.25, -0.2) is 0 Å². The second kappa shape index (κ2) is 5.13. The largest absolute Gasteiger partial charge is 0.466 e. The zero-order valence-electron chi connectivity index (χ0n) is 11.1. The van der Waals surface area contributed by atoms with Crippen LogP contribution in [0.4, 0.5) is 0 Å². The maximum absolute atomic E-state index is 12.0. The number of amides is 1. The Hall–Kier alpha value is -0.960. The van der Waals surface area contributed by atoms with Gasteiger partial charge in [0.15, 0.2) is 0 Å². The van der Waals surface area contributed by atoms with E-state index in [2.05, 4.69) is 5.32 Å². The van der Waals surface area contributed by atoms with Crippen LogP contribution in [-0.2, 0) is 0 Å². The third-order valence-electron chi connectivity index (χ3n) is 2.88. The van der Waals surface area contributed by atoms with Crippen molar-refractivity contribution in [2.24, 2.45) is 5.41 Å². The number of rotatable bonds is 4. The van der Waals surface area contributed by atoms with E-state index in [4.69, 9.17) is 16.0 Å². The van der Waals surface area contributed by atoms with Gasteiger partial charge in [-0.2, -0.15) is 0 Å². The van der Waals surface area contributed by atoms with Gasteiger partial charge in [0.1, 0.15) is 11.5 Å². The SMILES string of the molecule is Cc1oc(C)c(C(=O)NCC(C)(C)CCl)c1C. The normalized spacial score (nSPS) is 11.6. The minimum Gasteiger partial charge on any atom is -0.466 e. The molecule has 0 aliphatic rings. The minimum atomic E-state index is -0.0994. The van der Waals surface area contributed by atoms with E-state index in [1.807, 2.05) is 34.6 Å². The minimum absolute atomic E-state index is 0.0879. The van der Waals surface area contributed by atoms with Crippen LogP contribution < -0.4 is 5.32 Å². The van der Waals surface area contributed by atoms with Crippen molar-refractivity contribution in [2.45, 2.75) is 34.6 Å². The van der Waals surface area contributed by atoms with Crippen molar-refractivity contribution in [1.29, 1.82) is 0 Å². The molecule has 0 saturated carbocycles. The molecule has 1 aromatic rings. The summed E-state index contributed by atoms with van der Waals surface area (Å²) in [4.78, 5) is 12.0. The molecule has 1 aromatic heterocycles. The summed E-state index contributed by atoms with van der Waals surface area (Å²) in [6, 6.07) is 0. The number of furan rings is 1. The van der Waals surface area contributed by atoms with Gasteiger partial charge < -0.3 is 9.73 Å². The lowest BCUT2D eigenvalue weighted by Crippen LogP contribution is -2.35. The lowest BCUT2D eigenvalue weighted by Gasteiger charge is -2.21. The van der Waals surface area contributed by atoms with Crippen molar-refractivity contribution in [1.82, 2.24) is 5.32 Å². The lowest BCUT2D eigenvalue weighted by molar-refractivity contribution is 0.0938. The van der Waals surface area contributed by atoms with Crippen molar-refractivity contribution in [2.75, 3.05) is 12.4 Å². The van der Waals surface area contributed by atoms with Gasteiger partial charge in [-0.3, -0.25) is 4.79 Å². The average Bonchev–Trinajstić information content (AvgIpc) is 2.50. The molecule has 3 nitrogen and oxygen atoms in total. The molecular weight excluding hydrogens is 238 g/mol. The Morgan fingerprint density at radius 3 is 2.29 bits per heavy atom. The number of nitrogens with one attached hydrogen (secondary N) is 1. The van der Waals surface area contributed by atoms with Crippen molar-refractivity contribution in [3.05, 3.63) is 22.6 Å². The van der Waals surface area contributed by atoms with E-state index < -0.39 is 0 Å². The lowest BCUT2D eigenvalue weighted by atomic mass is 9.96. The average molecular weight is 258 g/mol. The Bertz CT molecular complexity index is 421. The molecule has 0 aliphatic heterocycles. The monoisotopic (exact) mass is 257 g/mol. The van der Waals surface area contributed by atoms with E-state index in [1.54, 1.807) is 0 Å². The van der Waals surface area contributed by atoms with Crippen LogP contribution in [0.3, 0.4) is 0 Å². The van der Waals surface area contributed by atoms with Crippen molar-refractivity contribution < 1.29 is 9.21 Å². The van der Waals surface area contributed by atoms with Gasteiger partial charge in [-0.1, -0.05) is 13.8 Å². The summed E-state index contributed by atoms with van der Waals surface area (Å²) in [5, 5.41) is 2.90. The molecule has 0 unspecified atom stereocenters. The highest BCUT2D eigenvalue weighted by molar-refractivity contribution is 6.18. The second-order valence-electron chi connectivity index (χ2n) is 5.19. The van der Waals surface area contributed by atoms with Gasteiger partial charge >= 0.3 is 0 Å². The molecule has 0 atom stereocenters.